The van der Waals surface area contributed by atoms with Gasteiger partial charge in [-0.1, -0.05) is 43.0 Å². The molecule has 3 aliphatic heterocycles. The van der Waals surface area contributed by atoms with Crippen LogP contribution in [0.25, 0.3) is 17.2 Å². The SMILES string of the molecule is C=Cc1ccc(-c2c3c(c(OC)c4c2OCO4)[C@H]([C@H]2OC(=O)c4c2ccc(OC)c4OC)N(C)CC3)cc1. The Morgan fingerprint density at radius 3 is 2.37 bits per heavy atom. The number of carbonyl (C=O) groups excluding carboxylic acids is 1. The van der Waals surface area contributed by atoms with E-state index in [9.17, 15) is 4.79 Å². The van der Waals surface area contributed by atoms with E-state index in [1.54, 1.807) is 20.3 Å². The molecule has 0 amide bonds. The third kappa shape index (κ3) is 3.44. The van der Waals surface area contributed by atoms with Crippen molar-refractivity contribution in [3.63, 3.8) is 0 Å². The van der Waals surface area contributed by atoms with E-state index in [0.717, 1.165) is 46.3 Å². The van der Waals surface area contributed by atoms with Crippen molar-refractivity contribution in [1.29, 1.82) is 0 Å². The summed E-state index contributed by atoms with van der Waals surface area (Å²) in [5.74, 6) is 2.24. The molecule has 3 aromatic rings. The molecule has 0 saturated heterocycles. The van der Waals surface area contributed by atoms with E-state index < -0.39 is 12.1 Å². The van der Waals surface area contributed by atoms with Crippen molar-refractivity contribution in [3.05, 3.63) is 70.8 Å². The molecule has 0 fully saturated rings. The Morgan fingerprint density at radius 2 is 1.68 bits per heavy atom. The highest BCUT2D eigenvalue weighted by molar-refractivity contribution is 5.98. The van der Waals surface area contributed by atoms with Gasteiger partial charge in [-0.05, 0) is 36.2 Å². The Kier molecular flexibility index (Phi) is 5.91. The summed E-state index contributed by atoms with van der Waals surface area (Å²) in [5, 5.41) is 0. The number of likely N-dealkylation sites (N-methyl/N-ethyl adjacent to an activating group) is 1. The van der Waals surface area contributed by atoms with E-state index in [1.807, 2.05) is 31.3 Å². The largest absolute Gasteiger partial charge is 0.493 e. The van der Waals surface area contributed by atoms with Crippen LogP contribution in [0.5, 0.6) is 28.7 Å². The Labute approximate surface area is 221 Å². The molecule has 196 valence electrons. The van der Waals surface area contributed by atoms with Crippen LogP contribution >= 0.6 is 0 Å². The standard InChI is InChI=1S/C30H29NO7/c1-6-16-7-9-17(10-8-16)21-18-13-14-31(2)24(22(18)27(35-5)29-28(21)36-15-37-29)25-19-11-12-20(33-3)26(34-4)23(19)30(32)38-25/h6-12,24-25H,1,13-15H2,2-5H3/t24-,25+/m1/s1. The Bertz CT molecular complexity index is 1450. The number of benzene rings is 3. The van der Waals surface area contributed by atoms with E-state index in [0.29, 0.717) is 34.3 Å². The predicted molar refractivity (Wildman–Crippen MR) is 141 cm³/mol. The van der Waals surface area contributed by atoms with Gasteiger partial charge in [-0.3, -0.25) is 4.90 Å². The number of esters is 1. The Morgan fingerprint density at radius 1 is 0.947 bits per heavy atom. The van der Waals surface area contributed by atoms with Gasteiger partial charge in [-0.25, -0.2) is 4.79 Å². The molecule has 3 aromatic carbocycles. The molecule has 6 rings (SSSR count). The molecule has 0 bridgehead atoms. The number of rotatable bonds is 6. The summed E-state index contributed by atoms with van der Waals surface area (Å²) in [6, 6.07) is 11.5. The maximum atomic E-state index is 13.2. The second-order valence-electron chi connectivity index (χ2n) is 9.46. The lowest BCUT2D eigenvalue weighted by Crippen LogP contribution is -2.36. The summed E-state index contributed by atoms with van der Waals surface area (Å²) in [6.07, 6.45) is 1.98. The molecule has 3 heterocycles. The lowest BCUT2D eigenvalue weighted by atomic mass is 9.81. The number of fused-ring (bicyclic) bond motifs is 3. The first-order valence-electron chi connectivity index (χ1n) is 12.4. The average molecular weight is 516 g/mol. The number of hydrogen-bond acceptors (Lipinski definition) is 8. The van der Waals surface area contributed by atoms with E-state index >= 15 is 0 Å². The predicted octanol–water partition coefficient (Wildman–Crippen LogP) is 5.19. The van der Waals surface area contributed by atoms with Crippen LogP contribution in [-0.4, -0.2) is 52.6 Å². The van der Waals surface area contributed by atoms with Gasteiger partial charge < -0.3 is 28.4 Å². The van der Waals surface area contributed by atoms with Crippen LogP contribution in [0.2, 0.25) is 0 Å². The fourth-order valence-corrected chi connectivity index (χ4v) is 5.92. The summed E-state index contributed by atoms with van der Waals surface area (Å²) in [4.78, 5) is 15.4. The first-order valence-corrected chi connectivity index (χ1v) is 12.4. The van der Waals surface area contributed by atoms with Gasteiger partial charge in [-0.15, -0.1) is 0 Å². The lowest BCUT2D eigenvalue weighted by Gasteiger charge is -2.39. The van der Waals surface area contributed by atoms with Crippen LogP contribution in [0.15, 0.2) is 43.0 Å². The molecule has 0 N–H and O–H groups in total. The van der Waals surface area contributed by atoms with Crippen molar-refractivity contribution in [2.24, 2.45) is 0 Å². The van der Waals surface area contributed by atoms with Gasteiger partial charge in [0.05, 0.1) is 27.4 Å². The zero-order chi connectivity index (χ0) is 26.6. The molecular formula is C30H29NO7. The van der Waals surface area contributed by atoms with Gasteiger partial charge in [0.25, 0.3) is 0 Å². The third-order valence-corrected chi connectivity index (χ3v) is 7.65. The summed E-state index contributed by atoms with van der Waals surface area (Å²) in [6.45, 7) is 4.72. The molecule has 0 radical (unpaired) electrons. The van der Waals surface area contributed by atoms with Gasteiger partial charge >= 0.3 is 5.97 Å². The number of methoxy groups -OCH3 is 3. The van der Waals surface area contributed by atoms with Crippen molar-refractivity contribution < 1.29 is 33.2 Å². The minimum absolute atomic E-state index is 0.102. The van der Waals surface area contributed by atoms with Crippen molar-refractivity contribution in [2.45, 2.75) is 18.6 Å². The maximum absolute atomic E-state index is 13.2. The van der Waals surface area contributed by atoms with Gasteiger partial charge in [0, 0.05) is 23.2 Å². The van der Waals surface area contributed by atoms with Crippen molar-refractivity contribution in [3.8, 4) is 39.9 Å². The average Bonchev–Trinajstić information content (AvgIpc) is 3.56. The highest BCUT2D eigenvalue weighted by Crippen LogP contribution is 2.58. The fourth-order valence-electron chi connectivity index (χ4n) is 5.92. The van der Waals surface area contributed by atoms with Gasteiger partial charge in [0.1, 0.15) is 11.7 Å². The van der Waals surface area contributed by atoms with Crippen LogP contribution in [-0.2, 0) is 11.2 Å². The van der Waals surface area contributed by atoms with Crippen LogP contribution in [0.1, 0.15) is 44.8 Å². The molecule has 38 heavy (non-hydrogen) atoms. The minimum atomic E-state index is -0.591. The molecule has 0 aliphatic carbocycles. The van der Waals surface area contributed by atoms with E-state index in [2.05, 4.69) is 23.6 Å². The molecule has 3 aliphatic rings. The zero-order valence-electron chi connectivity index (χ0n) is 21.8. The van der Waals surface area contributed by atoms with Crippen LogP contribution < -0.4 is 23.7 Å². The first kappa shape index (κ1) is 24.2. The molecule has 0 saturated carbocycles. The third-order valence-electron chi connectivity index (χ3n) is 7.65. The monoisotopic (exact) mass is 515 g/mol. The maximum Gasteiger partial charge on any atom is 0.343 e. The van der Waals surface area contributed by atoms with E-state index in [-0.39, 0.29) is 12.8 Å². The quantitative estimate of drug-likeness (QED) is 0.415. The topological polar surface area (TPSA) is 75.7 Å². The first-order chi connectivity index (χ1) is 18.5. The van der Waals surface area contributed by atoms with Crippen molar-refractivity contribution >= 4 is 12.0 Å². The van der Waals surface area contributed by atoms with Crippen LogP contribution in [0.3, 0.4) is 0 Å². The molecule has 2 atom stereocenters. The summed E-state index contributed by atoms with van der Waals surface area (Å²) in [7, 11) is 6.73. The number of carbonyl (C=O) groups is 1. The van der Waals surface area contributed by atoms with Crippen LogP contribution in [0, 0.1) is 0 Å². The summed E-state index contributed by atoms with van der Waals surface area (Å²) < 4.78 is 35.1. The second-order valence-corrected chi connectivity index (χ2v) is 9.46. The van der Waals surface area contributed by atoms with Crippen molar-refractivity contribution in [2.75, 3.05) is 41.7 Å². The van der Waals surface area contributed by atoms with Crippen molar-refractivity contribution in [1.82, 2.24) is 4.90 Å². The lowest BCUT2D eigenvalue weighted by molar-refractivity contribution is 0.00877. The molecule has 0 aromatic heterocycles. The second kappa shape index (κ2) is 9.29. The number of hydrogen-bond donors (Lipinski definition) is 0. The number of cyclic esters (lactones) is 1. The Hall–Kier alpha value is -4.17. The molecule has 0 spiro atoms. The summed E-state index contributed by atoms with van der Waals surface area (Å²) >= 11 is 0. The highest BCUT2D eigenvalue weighted by atomic mass is 16.7. The van der Waals surface area contributed by atoms with E-state index in [1.165, 1.54) is 7.11 Å². The van der Waals surface area contributed by atoms with Gasteiger partial charge in [0.15, 0.2) is 23.0 Å². The molecule has 8 nitrogen and oxygen atoms in total. The molecule has 8 heteroatoms. The number of ether oxygens (including phenoxy) is 6. The number of nitrogens with zero attached hydrogens (tertiary/aromatic N) is 1. The van der Waals surface area contributed by atoms with Crippen LogP contribution in [0.4, 0.5) is 0 Å². The van der Waals surface area contributed by atoms with Gasteiger partial charge in [0.2, 0.25) is 12.5 Å². The summed E-state index contributed by atoms with van der Waals surface area (Å²) in [5.41, 5.74) is 6.15. The smallest absolute Gasteiger partial charge is 0.343 e. The zero-order valence-corrected chi connectivity index (χ0v) is 21.8. The fraction of sp³-hybridized carbons (Fsp3) is 0.300. The van der Waals surface area contributed by atoms with Gasteiger partial charge in [-0.2, -0.15) is 0 Å². The molecular weight excluding hydrogens is 486 g/mol. The van der Waals surface area contributed by atoms with E-state index in [4.69, 9.17) is 28.4 Å². The minimum Gasteiger partial charge on any atom is -0.493 e. The molecule has 0 unspecified atom stereocenters. The highest BCUT2D eigenvalue weighted by Gasteiger charge is 2.47. The Balaban J connectivity index is 1.59. The normalized spacial score (nSPS) is 19.4.